The lowest BCUT2D eigenvalue weighted by Gasteiger charge is -2.23. The summed E-state index contributed by atoms with van der Waals surface area (Å²) in [6.45, 7) is 7.63. The first-order valence-corrected chi connectivity index (χ1v) is 5.70. The van der Waals surface area contributed by atoms with Gasteiger partial charge in [0, 0.05) is 19.6 Å². The van der Waals surface area contributed by atoms with Gasteiger partial charge in [0.1, 0.15) is 0 Å². The third-order valence-corrected chi connectivity index (χ3v) is 2.95. The van der Waals surface area contributed by atoms with Crippen molar-refractivity contribution in [2.45, 2.75) is 33.6 Å². The van der Waals surface area contributed by atoms with Gasteiger partial charge in [-0.1, -0.05) is 20.8 Å². The molecular formula is C11H23ClO. The van der Waals surface area contributed by atoms with E-state index in [0.717, 1.165) is 24.8 Å². The first kappa shape index (κ1) is 13.2. The summed E-state index contributed by atoms with van der Waals surface area (Å²) in [5, 5.41) is 0. The van der Waals surface area contributed by atoms with Gasteiger partial charge in [-0.25, -0.2) is 0 Å². The molecular weight excluding hydrogens is 184 g/mol. The van der Waals surface area contributed by atoms with Gasteiger partial charge in [0.05, 0.1) is 0 Å². The van der Waals surface area contributed by atoms with E-state index in [1.807, 2.05) is 0 Å². The van der Waals surface area contributed by atoms with Crippen molar-refractivity contribution in [3.63, 3.8) is 0 Å². The third-order valence-electron chi connectivity index (χ3n) is 2.55. The average molecular weight is 207 g/mol. The highest BCUT2D eigenvalue weighted by Crippen LogP contribution is 2.24. The maximum Gasteiger partial charge on any atom is 0.0464 e. The number of alkyl halides is 1. The van der Waals surface area contributed by atoms with Crippen molar-refractivity contribution < 1.29 is 4.74 Å². The zero-order chi connectivity index (χ0) is 10.3. The summed E-state index contributed by atoms with van der Waals surface area (Å²) < 4.78 is 5.07. The highest BCUT2D eigenvalue weighted by Gasteiger charge is 2.17. The summed E-state index contributed by atoms with van der Waals surface area (Å²) in [4.78, 5) is 0. The van der Waals surface area contributed by atoms with Crippen LogP contribution in [0.25, 0.3) is 0 Å². The number of methoxy groups -OCH3 is 1. The summed E-state index contributed by atoms with van der Waals surface area (Å²) in [6.07, 6.45) is 2.36. The molecule has 0 saturated carbocycles. The summed E-state index contributed by atoms with van der Waals surface area (Å²) in [5.41, 5.74) is 0. The van der Waals surface area contributed by atoms with Crippen LogP contribution >= 0.6 is 11.6 Å². The van der Waals surface area contributed by atoms with E-state index < -0.39 is 0 Å². The quantitative estimate of drug-likeness (QED) is 0.579. The molecule has 1 nitrogen and oxygen atoms in total. The molecule has 2 atom stereocenters. The lowest BCUT2D eigenvalue weighted by atomic mass is 9.86. The predicted molar refractivity (Wildman–Crippen MR) is 59.3 cm³/mol. The zero-order valence-corrected chi connectivity index (χ0v) is 10.1. The van der Waals surface area contributed by atoms with E-state index in [1.54, 1.807) is 7.11 Å². The van der Waals surface area contributed by atoms with Crippen molar-refractivity contribution in [2.75, 3.05) is 19.6 Å². The smallest absolute Gasteiger partial charge is 0.0464 e. The number of rotatable bonds is 7. The van der Waals surface area contributed by atoms with Gasteiger partial charge < -0.3 is 4.74 Å². The maximum absolute atomic E-state index is 5.94. The summed E-state index contributed by atoms with van der Waals surface area (Å²) in [5.74, 6) is 2.86. The van der Waals surface area contributed by atoms with E-state index in [4.69, 9.17) is 16.3 Å². The number of halogens is 1. The van der Waals surface area contributed by atoms with Crippen LogP contribution in [0, 0.1) is 17.8 Å². The van der Waals surface area contributed by atoms with Gasteiger partial charge in [0.2, 0.25) is 0 Å². The van der Waals surface area contributed by atoms with Crippen LogP contribution < -0.4 is 0 Å². The summed E-state index contributed by atoms with van der Waals surface area (Å²) >= 11 is 5.94. The lowest BCUT2D eigenvalue weighted by molar-refractivity contribution is 0.163. The number of hydrogen-bond donors (Lipinski definition) is 0. The second kappa shape index (κ2) is 7.64. The highest BCUT2D eigenvalue weighted by molar-refractivity contribution is 6.18. The van der Waals surface area contributed by atoms with E-state index in [-0.39, 0.29) is 0 Å². The van der Waals surface area contributed by atoms with Crippen molar-refractivity contribution in [1.82, 2.24) is 0 Å². The molecule has 0 fully saturated rings. The predicted octanol–water partition coefficient (Wildman–Crippen LogP) is 3.56. The molecule has 0 aromatic carbocycles. The van der Waals surface area contributed by atoms with Crippen LogP contribution in [0.2, 0.25) is 0 Å². The van der Waals surface area contributed by atoms with Crippen molar-refractivity contribution in [1.29, 1.82) is 0 Å². The number of ether oxygens (including phenoxy) is 1. The second-order valence-corrected chi connectivity index (χ2v) is 4.61. The Balaban J connectivity index is 3.77. The molecule has 0 saturated heterocycles. The van der Waals surface area contributed by atoms with Crippen molar-refractivity contribution >= 4 is 11.6 Å². The van der Waals surface area contributed by atoms with Crippen LogP contribution in [0.3, 0.4) is 0 Å². The monoisotopic (exact) mass is 206 g/mol. The molecule has 0 amide bonds. The zero-order valence-electron chi connectivity index (χ0n) is 9.35. The Morgan fingerprint density at radius 1 is 1.23 bits per heavy atom. The van der Waals surface area contributed by atoms with Crippen LogP contribution in [0.5, 0.6) is 0 Å². The van der Waals surface area contributed by atoms with Gasteiger partial charge in [-0.3, -0.25) is 0 Å². The average Bonchev–Trinajstić information content (AvgIpc) is 2.09. The van der Waals surface area contributed by atoms with E-state index in [1.165, 1.54) is 6.42 Å². The van der Waals surface area contributed by atoms with E-state index in [9.17, 15) is 0 Å². The van der Waals surface area contributed by atoms with Gasteiger partial charge in [-0.2, -0.15) is 0 Å². The van der Waals surface area contributed by atoms with Crippen LogP contribution in [-0.2, 0) is 4.74 Å². The molecule has 0 N–H and O–H groups in total. The van der Waals surface area contributed by atoms with Crippen molar-refractivity contribution in [2.24, 2.45) is 17.8 Å². The minimum absolute atomic E-state index is 0.650. The minimum Gasteiger partial charge on any atom is -0.385 e. The van der Waals surface area contributed by atoms with E-state index in [2.05, 4.69) is 20.8 Å². The van der Waals surface area contributed by atoms with Crippen molar-refractivity contribution in [3.8, 4) is 0 Å². The molecule has 2 unspecified atom stereocenters. The highest BCUT2D eigenvalue weighted by atomic mass is 35.5. The van der Waals surface area contributed by atoms with Gasteiger partial charge >= 0.3 is 0 Å². The molecule has 0 radical (unpaired) electrons. The van der Waals surface area contributed by atoms with E-state index >= 15 is 0 Å². The molecule has 0 aliphatic heterocycles. The van der Waals surface area contributed by atoms with Gasteiger partial charge in [0.15, 0.2) is 0 Å². The van der Waals surface area contributed by atoms with Gasteiger partial charge in [0.25, 0.3) is 0 Å². The van der Waals surface area contributed by atoms with Crippen LogP contribution in [0.4, 0.5) is 0 Å². The molecule has 2 heteroatoms. The summed E-state index contributed by atoms with van der Waals surface area (Å²) in [6, 6.07) is 0. The molecule has 0 spiro atoms. The standard InChI is InChI=1S/C11H23ClO/c1-9(2)7-11(8-12)10(3)5-6-13-4/h9-11H,5-8H2,1-4H3. The largest absolute Gasteiger partial charge is 0.385 e. The SMILES string of the molecule is COCCC(C)C(CCl)CC(C)C. The topological polar surface area (TPSA) is 9.23 Å². The molecule has 0 aliphatic rings. The minimum atomic E-state index is 0.650. The van der Waals surface area contributed by atoms with Gasteiger partial charge in [-0.15, -0.1) is 11.6 Å². The van der Waals surface area contributed by atoms with Crippen LogP contribution in [-0.4, -0.2) is 19.6 Å². The van der Waals surface area contributed by atoms with E-state index in [0.29, 0.717) is 11.8 Å². The molecule has 0 aromatic heterocycles. The molecule has 0 heterocycles. The Bertz CT molecular complexity index is 115. The molecule has 80 valence electrons. The Labute approximate surface area is 87.8 Å². The first-order valence-electron chi connectivity index (χ1n) is 5.16. The Kier molecular flexibility index (Phi) is 7.78. The maximum atomic E-state index is 5.94. The van der Waals surface area contributed by atoms with Gasteiger partial charge in [-0.05, 0) is 30.6 Å². The Morgan fingerprint density at radius 2 is 1.85 bits per heavy atom. The fourth-order valence-corrected chi connectivity index (χ4v) is 2.02. The third kappa shape index (κ3) is 6.34. The molecule has 0 aromatic rings. The fraction of sp³-hybridized carbons (Fsp3) is 1.00. The molecule has 0 bridgehead atoms. The molecule has 0 aliphatic carbocycles. The number of hydrogen-bond acceptors (Lipinski definition) is 1. The normalized spacial score (nSPS) is 16.2. The summed E-state index contributed by atoms with van der Waals surface area (Å²) in [7, 11) is 1.75. The molecule has 0 rings (SSSR count). The molecule has 13 heavy (non-hydrogen) atoms. The lowest BCUT2D eigenvalue weighted by Crippen LogP contribution is -2.17. The van der Waals surface area contributed by atoms with Crippen molar-refractivity contribution in [3.05, 3.63) is 0 Å². The van der Waals surface area contributed by atoms with Crippen LogP contribution in [0.15, 0.2) is 0 Å². The first-order chi connectivity index (χ1) is 6.11. The Hall–Kier alpha value is 0.250. The fourth-order valence-electron chi connectivity index (χ4n) is 1.59. The second-order valence-electron chi connectivity index (χ2n) is 4.30. The Morgan fingerprint density at radius 3 is 2.23 bits per heavy atom. The van der Waals surface area contributed by atoms with Crippen LogP contribution in [0.1, 0.15) is 33.6 Å².